The number of benzene rings is 1. The Bertz CT molecular complexity index is 805. The van der Waals surface area contributed by atoms with E-state index in [0.717, 1.165) is 24.8 Å². The number of hydrogen-bond acceptors (Lipinski definition) is 5. The minimum atomic E-state index is -0.741. The second-order valence-corrected chi connectivity index (χ2v) is 7.18. The van der Waals surface area contributed by atoms with Crippen molar-refractivity contribution in [3.05, 3.63) is 53.7 Å². The van der Waals surface area contributed by atoms with Crippen molar-refractivity contribution >= 4 is 11.9 Å². The Kier molecular flexibility index (Phi) is 9.12. The fourth-order valence-corrected chi connectivity index (χ4v) is 3.44. The number of hydrogen-bond donors (Lipinski definition) is 3. The fraction of sp³-hybridized carbons (Fsp3) is 0.435. The van der Waals surface area contributed by atoms with E-state index < -0.39 is 5.97 Å². The minimum absolute atomic E-state index is 0.0266. The van der Waals surface area contributed by atoms with Crippen LogP contribution in [-0.2, 0) is 4.79 Å². The normalized spacial score (nSPS) is 12.7. The summed E-state index contributed by atoms with van der Waals surface area (Å²) in [5, 5.41) is 21.5. The third-order valence-corrected chi connectivity index (χ3v) is 5.09. The molecule has 162 valence electrons. The Morgan fingerprint density at radius 2 is 1.87 bits per heavy atom. The number of aromatic nitrogens is 1. The zero-order valence-corrected chi connectivity index (χ0v) is 17.5. The molecule has 1 heterocycles. The Hall–Kier alpha value is -3.09. The SMILES string of the molecule is CCCCC(C(=O)O)C(CC)c1ccc(OCCNC(=O)c2ccc(O)nc2)cc1. The van der Waals surface area contributed by atoms with Crippen molar-refractivity contribution in [1.29, 1.82) is 0 Å². The molecule has 30 heavy (non-hydrogen) atoms. The van der Waals surface area contributed by atoms with Crippen molar-refractivity contribution in [2.75, 3.05) is 13.2 Å². The Morgan fingerprint density at radius 1 is 1.13 bits per heavy atom. The molecule has 7 heteroatoms. The van der Waals surface area contributed by atoms with Crippen molar-refractivity contribution in [3.8, 4) is 11.6 Å². The number of nitrogens with zero attached hydrogens (tertiary/aromatic N) is 1. The molecule has 0 aliphatic heterocycles. The van der Waals surface area contributed by atoms with Gasteiger partial charge in [-0.05, 0) is 42.5 Å². The summed E-state index contributed by atoms with van der Waals surface area (Å²) < 4.78 is 5.67. The molecule has 0 radical (unpaired) electrons. The number of unbranched alkanes of at least 4 members (excludes halogenated alkanes) is 1. The maximum atomic E-state index is 12.0. The summed E-state index contributed by atoms with van der Waals surface area (Å²) in [6, 6.07) is 10.4. The first-order chi connectivity index (χ1) is 14.5. The largest absolute Gasteiger partial charge is 0.493 e. The van der Waals surface area contributed by atoms with Crippen LogP contribution in [0.1, 0.15) is 61.4 Å². The Labute approximate surface area is 177 Å². The monoisotopic (exact) mass is 414 g/mol. The van der Waals surface area contributed by atoms with Crippen molar-refractivity contribution in [2.45, 2.75) is 45.4 Å². The number of carboxylic acid groups (broad SMARTS) is 1. The topological polar surface area (TPSA) is 109 Å². The molecule has 2 aromatic rings. The summed E-state index contributed by atoms with van der Waals surface area (Å²) in [4.78, 5) is 27.4. The maximum absolute atomic E-state index is 12.0. The highest BCUT2D eigenvalue weighted by molar-refractivity contribution is 5.93. The van der Waals surface area contributed by atoms with Crippen LogP contribution in [0.3, 0.4) is 0 Å². The summed E-state index contributed by atoms with van der Waals surface area (Å²) in [6.07, 6.45) is 4.63. The highest BCUT2D eigenvalue weighted by Crippen LogP contribution is 2.32. The first-order valence-electron chi connectivity index (χ1n) is 10.3. The van der Waals surface area contributed by atoms with E-state index in [2.05, 4.69) is 17.2 Å². The van der Waals surface area contributed by atoms with Gasteiger partial charge in [0.25, 0.3) is 5.91 Å². The summed E-state index contributed by atoms with van der Waals surface area (Å²) in [5.41, 5.74) is 1.36. The summed E-state index contributed by atoms with van der Waals surface area (Å²) in [6.45, 7) is 4.69. The van der Waals surface area contributed by atoms with Gasteiger partial charge in [-0.3, -0.25) is 9.59 Å². The number of amides is 1. The van der Waals surface area contributed by atoms with E-state index in [4.69, 9.17) is 9.84 Å². The van der Waals surface area contributed by atoms with Gasteiger partial charge in [-0.1, -0.05) is 38.8 Å². The van der Waals surface area contributed by atoms with E-state index in [-0.39, 0.29) is 23.6 Å². The lowest BCUT2D eigenvalue weighted by Gasteiger charge is -2.23. The first-order valence-corrected chi connectivity index (χ1v) is 10.3. The molecule has 0 fully saturated rings. The molecule has 7 nitrogen and oxygen atoms in total. The van der Waals surface area contributed by atoms with Gasteiger partial charge in [-0.15, -0.1) is 0 Å². The van der Waals surface area contributed by atoms with E-state index in [1.54, 1.807) is 0 Å². The highest BCUT2D eigenvalue weighted by Gasteiger charge is 2.27. The van der Waals surface area contributed by atoms with Crippen LogP contribution in [-0.4, -0.2) is 40.2 Å². The lowest BCUT2D eigenvalue weighted by molar-refractivity contribution is -0.142. The van der Waals surface area contributed by atoms with Crippen molar-refractivity contribution in [3.63, 3.8) is 0 Å². The molecule has 2 rings (SSSR count). The van der Waals surface area contributed by atoms with Crippen LogP contribution in [0, 0.1) is 5.92 Å². The summed E-state index contributed by atoms with van der Waals surface area (Å²) in [5.74, 6) is -0.917. The molecule has 3 N–H and O–H groups in total. The number of pyridine rings is 1. The third kappa shape index (κ3) is 6.76. The number of carbonyl (C=O) groups excluding carboxylic acids is 1. The zero-order valence-electron chi connectivity index (χ0n) is 17.5. The number of nitrogens with one attached hydrogen (secondary N) is 1. The van der Waals surface area contributed by atoms with E-state index in [1.165, 1.54) is 18.3 Å². The molecule has 1 aromatic heterocycles. The number of carboxylic acids is 1. The molecule has 2 unspecified atom stereocenters. The van der Waals surface area contributed by atoms with Gasteiger partial charge in [0, 0.05) is 12.3 Å². The predicted molar refractivity (Wildman–Crippen MR) is 114 cm³/mol. The van der Waals surface area contributed by atoms with Crippen LogP contribution in [0.5, 0.6) is 11.6 Å². The molecule has 0 aliphatic rings. The zero-order chi connectivity index (χ0) is 21.9. The highest BCUT2D eigenvalue weighted by atomic mass is 16.5. The molecule has 1 amide bonds. The Morgan fingerprint density at radius 3 is 2.43 bits per heavy atom. The fourth-order valence-electron chi connectivity index (χ4n) is 3.44. The molecular formula is C23H30N2O5. The second kappa shape index (κ2) is 11.8. The van der Waals surface area contributed by atoms with Gasteiger partial charge in [0.15, 0.2) is 0 Å². The second-order valence-electron chi connectivity index (χ2n) is 7.18. The molecule has 2 atom stereocenters. The number of carbonyl (C=O) groups is 2. The van der Waals surface area contributed by atoms with Crippen molar-refractivity contribution < 1.29 is 24.5 Å². The first kappa shape index (κ1) is 23.2. The summed E-state index contributed by atoms with van der Waals surface area (Å²) >= 11 is 0. The number of ether oxygens (including phenoxy) is 1. The van der Waals surface area contributed by atoms with Gasteiger partial charge in [-0.2, -0.15) is 0 Å². The van der Waals surface area contributed by atoms with Crippen LogP contribution in [0.25, 0.3) is 0 Å². The minimum Gasteiger partial charge on any atom is -0.493 e. The van der Waals surface area contributed by atoms with E-state index in [9.17, 15) is 14.7 Å². The average molecular weight is 415 g/mol. The number of aliphatic carboxylic acids is 1. The van der Waals surface area contributed by atoms with Crippen LogP contribution < -0.4 is 10.1 Å². The van der Waals surface area contributed by atoms with Crippen LogP contribution >= 0.6 is 0 Å². The molecule has 0 bridgehead atoms. The lowest BCUT2D eigenvalue weighted by atomic mass is 9.81. The lowest BCUT2D eigenvalue weighted by Crippen LogP contribution is -2.28. The molecular weight excluding hydrogens is 384 g/mol. The predicted octanol–water partition coefficient (Wildman–Crippen LogP) is 3.98. The molecule has 0 spiro atoms. The van der Waals surface area contributed by atoms with E-state index >= 15 is 0 Å². The number of rotatable bonds is 12. The van der Waals surface area contributed by atoms with Crippen LogP contribution in [0.4, 0.5) is 0 Å². The Balaban J connectivity index is 1.86. The van der Waals surface area contributed by atoms with Crippen LogP contribution in [0.2, 0.25) is 0 Å². The molecule has 0 saturated heterocycles. The quantitative estimate of drug-likeness (QED) is 0.453. The van der Waals surface area contributed by atoms with Gasteiger partial charge < -0.3 is 20.3 Å². The van der Waals surface area contributed by atoms with Crippen LogP contribution in [0.15, 0.2) is 42.6 Å². The van der Waals surface area contributed by atoms with Crippen molar-refractivity contribution in [2.24, 2.45) is 5.92 Å². The summed E-state index contributed by atoms with van der Waals surface area (Å²) in [7, 11) is 0. The standard InChI is InChI=1S/C23H30N2O5/c1-3-5-6-20(23(28)29)19(4-2)16-7-10-18(11-8-16)30-14-13-24-22(27)17-9-12-21(26)25-15-17/h7-12,15,19-20H,3-6,13-14H2,1-2H3,(H,24,27)(H,25,26)(H,28,29). The van der Waals surface area contributed by atoms with Gasteiger partial charge in [0.2, 0.25) is 5.88 Å². The maximum Gasteiger partial charge on any atom is 0.307 e. The van der Waals surface area contributed by atoms with Gasteiger partial charge >= 0.3 is 5.97 Å². The smallest absolute Gasteiger partial charge is 0.307 e. The van der Waals surface area contributed by atoms with E-state index in [0.29, 0.717) is 30.9 Å². The average Bonchev–Trinajstić information content (AvgIpc) is 2.75. The number of aromatic hydroxyl groups is 1. The van der Waals surface area contributed by atoms with Gasteiger partial charge in [-0.25, -0.2) is 4.98 Å². The molecule has 0 aliphatic carbocycles. The van der Waals surface area contributed by atoms with Gasteiger partial charge in [0.1, 0.15) is 12.4 Å². The van der Waals surface area contributed by atoms with E-state index in [1.807, 2.05) is 31.2 Å². The third-order valence-electron chi connectivity index (χ3n) is 5.09. The van der Waals surface area contributed by atoms with Crippen molar-refractivity contribution in [1.82, 2.24) is 10.3 Å². The van der Waals surface area contributed by atoms with Gasteiger partial charge in [0.05, 0.1) is 18.0 Å². The molecule has 0 saturated carbocycles. The molecule has 1 aromatic carbocycles.